The van der Waals surface area contributed by atoms with Gasteiger partial charge in [0, 0.05) is 22.1 Å². The molecule has 0 radical (unpaired) electrons. The van der Waals surface area contributed by atoms with Crippen LogP contribution in [0.3, 0.4) is 0 Å². The van der Waals surface area contributed by atoms with Crippen LogP contribution in [0.2, 0.25) is 0 Å². The molecule has 136 valence electrons. The summed E-state index contributed by atoms with van der Waals surface area (Å²) in [5.41, 5.74) is 5.94. The van der Waals surface area contributed by atoms with Crippen molar-refractivity contribution in [1.29, 1.82) is 0 Å². The van der Waals surface area contributed by atoms with Crippen molar-refractivity contribution in [1.82, 2.24) is 4.98 Å². The van der Waals surface area contributed by atoms with Crippen molar-refractivity contribution in [2.45, 2.75) is 32.6 Å². The SMILES string of the molecule is CC(=O)c1ccc(C(=O)Nc2nc(-c3ccc4c(c3)CCCC4)cs2)cc1. The largest absolute Gasteiger partial charge is 0.298 e. The minimum Gasteiger partial charge on any atom is -0.298 e. The van der Waals surface area contributed by atoms with Gasteiger partial charge >= 0.3 is 0 Å². The lowest BCUT2D eigenvalue weighted by molar-refractivity contribution is 0.100. The molecule has 0 spiro atoms. The molecule has 0 unspecified atom stereocenters. The fourth-order valence-corrected chi connectivity index (χ4v) is 4.10. The molecular weight excluding hydrogens is 356 g/mol. The van der Waals surface area contributed by atoms with Crippen LogP contribution in [0.1, 0.15) is 51.6 Å². The number of nitrogens with one attached hydrogen (secondary N) is 1. The van der Waals surface area contributed by atoms with Crippen LogP contribution in [0.15, 0.2) is 47.8 Å². The Hall–Kier alpha value is -2.79. The van der Waals surface area contributed by atoms with Crippen molar-refractivity contribution in [3.05, 3.63) is 70.1 Å². The van der Waals surface area contributed by atoms with E-state index in [0.717, 1.165) is 24.1 Å². The molecule has 0 saturated heterocycles. The number of aryl methyl sites for hydroxylation is 2. The minimum absolute atomic E-state index is 0.0171. The van der Waals surface area contributed by atoms with Gasteiger partial charge in [-0.25, -0.2) is 4.98 Å². The first kappa shape index (κ1) is 17.6. The molecule has 27 heavy (non-hydrogen) atoms. The lowest BCUT2D eigenvalue weighted by Crippen LogP contribution is -2.11. The molecule has 5 heteroatoms. The fourth-order valence-electron chi connectivity index (χ4n) is 3.38. The second kappa shape index (κ2) is 7.45. The third kappa shape index (κ3) is 3.83. The molecule has 1 N–H and O–H groups in total. The van der Waals surface area contributed by atoms with Gasteiger partial charge in [0.2, 0.25) is 0 Å². The highest BCUT2D eigenvalue weighted by atomic mass is 32.1. The van der Waals surface area contributed by atoms with Gasteiger partial charge in [0.25, 0.3) is 5.91 Å². The summed E-state index contributed by atoms with van der Waals surface area (Å²) in [5, 5.41) is 5.39. The van der Waals surface area contributed by atoms with Gasteiger partial charge in [0.05, 0.1) is 5.69 Å². The van der Waals surface area contributed by atoms with E-state index in [0.29, 0.717) is 16.3 Å². The maximum absolute atomic E-state index is 12.4. The van der Waals surface area contributed by atoms with E-state index in [4.69, 9.17) is 0 Å². The molecule has 0 saturated carbocycles. The van der Waals surface area contributed by atoms with Gasteiger partial charge in [-0.1, -0.05) is 24.3 Å². The van der Waals surface area contributed by atoms with E-state index in [1.807, 2.05) is 5.38 Å². The molecule has 1 amide bonds. The quantitative estimate of drug-likeness (QED) is 0.641. The summed E-state index contributed by atoms with van der Waals surface area (Å²) in [6.07, 6.45) is 4.81. The topological polar surface area (TPSA) is 59.1 Å². The van der Waals surface area contributed by atoms with E-state index < -0.39 is 0 Å². The molecule has 0 fully saturated rings. The van der Waals surface area contributed by atoms with Gasteiger partial charge in [0.15, 0.2) is 10.9 Å². The van der Waals surface area contributed by atoms with Gasteiger partial charge in [0.1, 0.15) is 0 Å². The van der Waals surface area contributed by atoms with Crippen molar-refractivity contribution < 1.29 is 9.59 Å². The maximum Gasteiger partial charge on any atom is 0.257 e. The van der Waals surface area contributed by atoms with Crippen LogP contribution < -0.4 is 5.32 Å². The Kier molecular flexibility index (Phi) is 4.86. The van der Waals surface area contributed by atoms with E-state index in [2.05, 4.69) is 28.5 Å². The van der Waals surface area contributed by atoms with Crippen LogP contribution in [-0.4, -0.2) is 16.7 Å². The minimum atomic E-state index is -0.226. The van der Waals surface area contributed by atoms with E-state index in [1.165, 1.54) is 42.2 Å². The highest BCUT2D eigenvalue weighted by Crippen LogP contribution is 2.29. The van der Waals surface area contributed by atoms with Gasteiger partial charge < -0.3 is 0 Å². The summed E-state index contributed by atoms with van der Waals surface area (Å²) in [4.78, 5) is 28.3. The molecule has 3 aromatic rings. The molecule has 1 aromatic heterocycles. The molecule has 0 aliphatic heterocycles. The lowest BCUT2D eigenvalue weighted by atomic mass is 9.90. The molecule has 1 aliphatic rings. The van der Waals surface area contributed by atoms with Crippen LogP contribution in [-0.2, 0) is 12.8 Å². The first-order valence-corrected chi connectivity index (χ1v) is 9.98. The third-order valence-electron chi connectivity index (χ3n) is 4.92. The van der Waals surface area contributed by atoms with E-state index in [-0.39, 0.29) is 11.7 Å². The predicted molar refractivity (Wildman–Crippen MR) is 109 cm³/mol. The molecule has 4 nitrogen and oxygen atoms in total. The van der Waals surface area contributed by atoms with E-state index in [1.54, 1.807) is 24.3 Å². The maximum atomic E-state index is 12.4. The van der Waals surface area contributed by atoms with Gasteiger partial charge in [-0.3, -0.25) is 14.9 Å². The van der Waals surface area contributed by atoms with Crippen LogP contribution in [0, 0.1) is 0 Å². The number of hydrogen-bond acceptors (Lipinski definition) is 4. The average Bonchev–Trinajstić information content (AvgIpc) is 3.16. The predicted octanol–water partition coefficient (Wildman–Crippen LogP) is 5.14. The Labute approximate surface area is 162 Å². The number of benzene rings is 2. The Bertz CT molecular complexity index is 1010. The zero-order valence-electron chi connectivity index (χ0n) is 15.1. The van der Waals surface area contributed by atoms with Crippen molar-refractivity contribution in [3.8, 4) is 11.3 Å². The number of ketones is 1. The monoisotopic (exact) mass is 376 g/mol. The second-order valence-electron chi connectivity index (χ2n) is 6.82. The number of fused-ring (bicyclic) bond motifs is 1. The highest BCUT2D eigenvalue weighted by Gasteiger charge is 2.13. The zero-order valence-corrected chi connectivity index (χ0v) is 15.9. The first-order chi connectivity index (χ1) is 13.1. The van der Waals surface area contributed by atoms with Crippen LogP contribution in [0.25, 0.3) is 11.3 Å². The van der Waals surface area contributed by atoms with Gasteiger partial charge in [-0.05, 0) is 61.9 Å². The molecule has 2 aromatic carbocycles. The number of thiazole rings is 1. The number of carbonyl (C=O) groups is 2. The number of nitrogens with zero attached hydrogens (tertiary/aromatic N) is 1. The van der Waals surface area contributed by atoms with Crippen LogP contribution in [0.4, 0.5) is 5.13 Å². The Balaban J connectivity index is 1.49. The summed E-state index contributed by atoms with van der Waals surface area (Å²) < 4.78 is 0. The third-order valence-corrected chi connectivity index (χ3v) is 5.68. The van der Waals surface area contributed by atoms with Gasteiger partial charge in [-0.2, -0.15) is 0 Å². The molecule has 1 heterocycles. The number of anilines is 1. The first-order valence-electron chi connectivity index (χ1n) is 9.10. The normalized spacial score (nSPS) is 13.1. The number of Topliss-reactive ketones (excluding diaryl/α,β-unsaturated/α-hetero) is 1. The standard InChI is InChI=1S/C22H20N2O2S/c1-14(25)15-6-9-17(10-7-15)21(26)24-22-23-20(13-27-22)19-11-8-16-4-2-3-5-18(16)12-19/h6-13H,2-5H2,1H3,(H,23,24,26). The Morgan fingerprint density at radius 3 is 2.41 bits per heavy atom. The molecular formula is C22H20N2O2S. The summed E-state index contributed by atoms with van der Waals surface area (Å²) in [6.45, 7) is 1.51. The van der Waals surface area contributed by atoms with E-state index in [9.17, 15) is 9.59 Å². The van der Waals surface area contributed by atoms with Crippen LogP contribution >= 0.6 is 11.3 Å². The average molecular weight is 376 g/mol. The van der Waals surface area contributed by atoms with E-state index >= 15 is 0 Å². The van der Waals surface area contributed by atoms with Crippen molar-refractivity contribution in [3.63, 3.8) is 0 Å². The molecule has 0 atom stereocenters. The molecule has 4 rings (SSSR count). The zero-order chi connectivity index (χ0) is 18.8. The van der Waals surface area contributed by atoms with Crippen molar-refractivity contribution in [2.24, 2.45) is 0 Å². The highest BCUT2D eigenvalue weighted by molar-refractivity contribution is 7.14. The van der Waals surface area contributed by atoms with Crippen LogP contribution in [0.5, 0.6) is 0 Å². The molecule has 1 aliphatic carbocycles. The fraction of sp³-hybridized carbons (Fsp3) is 0.227. The Morgan fingerprint density at radius 1 is 0.963 bits per heavy atom. The summed E-state index contributed by atoms with van der Waals surface area (Å²) in [7, 11) is 0. The molecule has 0 bridgehead atoms. The number of carbonyl (C=O) groups excluding carboxylic acids is 2. The second-order valence-corrected chi connectivity index (χ2v) is 7.67. The summed E-state index contributed by atoms with van der Waals surface area (Å²) in [6, 6.07) is 13.2. The Morgan fingerprint density at radius 2 is 1.67 bits per heavy atom. The number of aromatic nitrogens is 1. The number of rotatable bonds is 4. The smallest absolute Gasteiger partial charge is 0.257 e. The lowest BCUT2D eigenvalue weighted by Gasteiger charge is -2.16. The van der Waals surface area contributed by atoms with Crippen molar-refractivity contribution in [2.75, 3.05) is 5.32 Å². The van der Waals surface area contributed by atoms with Gasteiger partial charge in [-0.15, -0.1) is 11.3 Å². The summed E-state index contributed by atoms with van der Waals surface area (Å²) in [5.74, 6) is -0.243. The number of amides is 1. The summed E-state index contributed by atoms with van der Waals surface area (Å²) >= 11 is 1.42. The number of hydrogen-bond donors (Lipinski definition) is 1. The van der Waals surface area contributed by atoms with Crippen molar-refractivity contribution >= 4 is 28.2 Å².